The number of rotatable bonds is 0. The Morgan fingerprint density at radius 1 is 1.54 bits per heavy atom. The molecule has 0 radical (unpaired) electrons. The lowest BCUT2D eigenvalue weighted by atomic mass is 9.99. The molecule has 0 saturated carbocycles. The summed E-state index contributed by atoms with van der Waals surface area (Å²) in [5.41, 5.74) is 3.41. The highest BCUT2D eigenvalue weighted by Crippen LogP contribution is 2.34. The van der Waals surface area contributed by atoms with Crippen LogP contribution in [0.3, 0.4) is 0 Å². The van der Waals surface area contributed by atoms with Crippen molar-refractivity contribution >= 4 is 28.3 Å². The van der Waals surface area contributed by atoms with Crippen molar-refractivity contribution in [3.05, 3.63) is 26.8 Å². The molecule has 1 atom stereocenters. The van der Waals surface area contributed by atoms with Crippen LogP contribution in [0.1, 0.15) is 23.7 Å². The summed E-state index contributed by atoms with van der Waals surface area (Å²) in [5.74, 6) is 0. The van der Waals surface area contributed by atoms with Gasteiger partial charge < -0.3 is 10.4 Å². The smallest absolute Gasteiger partial charge is 0.0837 e. The SMILES string of the molecule is Cc1ccc2c(c1I)C(O)CCN2. The van der Waals surface area contributed by atoms with Gasteiger partial charge in [-0.25, -0.2) is 0 Å². The van der Waals surface area contributed by atoms with Gasteiger partial charge >= 0.3 is 0 Å². The number of benzene rings is 1. The van der Waals surface area contributed by atoms with E-state index in [1.165, 1.54) is 9.13 Å². The topological polar surface area (TPSA) is 32.3 Å². The third kappa shape index (κ3) is 1.55. The quantitative estimate of drug-likeness (QED) is 0.719. The van der Waals surface area contributed by atoms with E-state index < -0.39 is 0 Å². The maximum absolute atomic E-state index is 9.82. The summed E-state index contributed by atoms with van der Waals surface area (Å²) >= 11 is 2.30. The normalized spacial score (nSPS) is 20.7. The van der Waals surface area contributed by atoms with Crippen LogP contribution in [-0.2, 0) is 0 Å². The van der Waals surface area contributed by atoms with Crippen LogP contribution in [0.5, 0.6) is 0 Å². The highest BCUT2D eigenvalue weighted by Gasteiger charge is 2.20. The molecule has 1 heterocycles. The lowest BCUT2D eigenvalue weighted by molar-refractivity contribution is 0.167. The Hall–Kier alpha value is -0.290. The Bertz CT molecular complexity index is 338. The van der Waals surface area contributed by atoms with Gasteiger partial charge in [-0.2, -0.15) is 0 Å². The Labute approximate surface area is 91.5 Å². The molecule has 2 N–H and O–H groups in total. The standard InChI is InChI=1S/C10H12INO/c1-6-2-3-7-9(10(6)11)8(13)4-5-12-7/h2-3,8,12-13H,4-5H2,1H3. The average Bonchev–Trinajstić information content (AvgIpc) is 2.12. The molecule has 1 aliphatic heterocycles. The van der Waals surface area contributed by atoms with Crippen molar-refractivity contribution < 1.29 is 5.11 Å². The van der Waals surface area contributed by atoms with Crippen molar-refractivity contribution in [2.45, 2.75) is 19.4 Å². The number of hydrogen-bond donors (Lipinski definition) is 2. The Morgan fingerprint density at radius 2 is 2.31 bits per heavy atom. The van der Waals surface area contributed by atoms with Crippen LogP contribution in [0.25, 0.3) is 0 Å². The molecule has 1 aliphatic rings. The molecule has 1 unspecified atom stereocenters. The predicted molar refractivity (Wildman–Crippen MR) is 62.0 cm³/mol. The van der Waals surface area contributed by atoms with E-state index in [-0.39, 0.29) is 6.10 Å². The van der Waals surface area contributed by atoms with E-state index in [4.69, 9.17) is 0 Å². The Balaban J connectivity index is 2.58. The van der Waals surface area contributed by atoms with Crippen LogP contribution in [0.2, 0.25) is 0 Å². The molecule has 0 aromatic heterocycles. The molecule has 1 aromatic carbocycles. The predicted octanol–water partition coefficient (Wildman–Crippen LogP) is 2.45. The number of anilines is 1. The number of hydrogen-bond acceptors (Lipinski definition) is 2. The maximum Gasteiger partial charge on any atom is 0.0837 e. The van der Waals surface area contributed by atoms with Crippen LogP contribution in [0.15, 0.2) is 12.1 Å². The summed E-state index contributed by atoms with van der Waals surface area (Å²) in [6, 6.07) is 4.14. The molecule has 70 valence electrons. The van der Waals surface area contributed by atoms with Gasteiger partial charge in [0.1, 0.15) is 0 Å². The summed E-state index contributed by atoms with van der Waals surface area (Å²) in [6.07, 6.45) is 0.523. The molecule has 0 saturated heterocycles. The lowest BCUT2D eigenvalue weighted by Crippen LogP contribution is -2.18. The van der Waals surface area contributed by atoms with Crippen molar-refractivity contribution in [1.29, 1.82) is 0 Å². The monoisotopic (exact) mass is 289 g/mol. The highest BCUT2D eigenvalue weighted by molar-refractivity contribution is 14.1. The minimum Gasteiger partial charge on any atom is -0.388 e. The van der Waals surface area contributed by atoms with E-state index in [2.05, 4.69) is 47.0 Å². The third-order valence-electron chi connectivity index (χ3n) is 2.44. The molecule has 2 rings (SSSR count). The number of nitrogens with one attached hydrogen (secondary N) is 1. The molecule has 2 nitrogen and oxygen atoms in total. The first kappa shape index (κ1) is 9.27. The fourth-order valence-electron chi connectivity index (χ4n) is 1.67. The summed E-state index contributed by atoms with van der Waals surface area (Å²) in [6.45, 7) is 2.94. The fraction of sp³-hybridized carbons (Fsp3) is 0.400. The Kier molecular flexibility index (Phi) is 2.47. The van der Waals surface area contributed by atoms with Gasteiger partial charge in [0.15, 0.2) is 0 Å². The van der Waals surface area contributed by atoms with E-state index in [9.17, 15) is 5.11 Å². The van der Waals surface area contributed by atoms with Crippen LogP contribution >= 0.6 is 22.6 Å². The molecule has 0 amide bonds. The molecule has 0 spiro atoms. The zero-order valence-electron chi connectivity index (χ0n) is 7.47. The second-order valence-electron chi connectivity index (χ2n) is 3.39. The number of aliphatic hydroxyl groups excluding tert-OH is 1. The zero-order chi connectivity index (χ0) is 9.42. The first-order valence-corrected chi connectivity index (χ1v) is 5.49. The van der Waals surface area contributed by atoms with Crippen molar-refractivity contribution in [3.63, 3.8) is 0 Å². The third-order valence-corrected chi connectivity index (χ3v) is 3.87. The number of aryl methyl sites for hydroxylation is 1. The number of fused-ring (bicyclic) bond motifs is 1. The number of aliphatic hydroxyl groups is 1. The van der Waals surface area contributed by atoms with E-state index in [1.807, 2.05) is 0 Å². The van der Waals surface area contributed by atoms with Crippen molar-refractivity contribution in [2.24, 2.45) is 0 Å². The van der Waals surface area contributed by atoms with Crippen molar-refractivity contribution in [1.82, 2.24) is 0 Å². The van der Waals surface area contributed by atoms with Crippen LogP contribution < -0.4 is 5.32 Å². The zero-order valence-corrected chi connectivity index (χ0v) is 9.63. The van der Waals surface area contributed by atoms with E-state index in [0.29, 0.717) is 0 Å². The van der Waals surface area contributed by atoms with Gasteiger partial charge in [0.25, 0.3) is 0 Å². The van der Waals surface area contributed by atoms with Gasteiger partial charge in [0, 0.05) is 21.4 Å². The van der Waals surface area contributed by atoms with Crippen molar-refractivity contribution in [2.75, 3.05) is 11.9 Å². The molecular formula is C10H12INO. The van der Waals surface area contributed by atoms with Crippen LogP contribution in [0.4, 0.5) is 5.69 Å². The second-order valence-corrected chi connectivity index (χ2v) is 4.47. The molecule has 1 aromatic rings. The Morgan fingerprint density at radius 3 is 3.08 bits per heavy atom. The first-order chi connectivity index (χ1) is 6.20. The summed E-state index contributed by atoms with van der Waals surface area (Å²) in [4.78, 5) is 0. The molecule has 0 bridgehead atoms. The molecule has 0 aliphatic carbocycles. The van der Waals surface area contributed by atoms with Gasteiger partial charge in [0.2, 0.25) is 0 Å². The van der Waals surface area contributed by atoms with Gasteiger partial charge in [0.05, 0.1) is 6.10 Å². The molecule has 13 heavy (non-hydrogen) atoms. The average molecular weight is 289 g/mol. The molecule has 3 heteroatoms. The van der Waals surface area contributed by atoms with Gasteiger partial charge in [-0.05, 0) is 47.6 Å². The van der Waals surface area contributed by atoms with Gasteiger partial charge in [-0.3, -0.25) is 0 Å². The highest BCUT2D eigenvalue weighted by atomic mass is 127. The molecule has 0 fully saturated rings. The van der Waals surface area contributed by atoms with Crippen LogP contribution in [0, 0.1) is 10.5 Å². The first-order valence-electron chi connectivity index (χ1n) is 4.41. The van der Waals surface area contributed by atoms with Gasteiger partial charge in [-0.1, -0.05) is 6.07 Å². The van der Waals surface area contributed by atoms with E-state index >= 15 is 0 Å². The lowest BCUT2D eigenvalue weighted by Gasteiger charge is -2.24. The summed E-state index contributed by atoms with van der Waals surface area (Å²) in [7, 11) is 0. The van der Waals surface area contributed by atoms with Crippen molar-refractivity contribution in [3.8, 4) is 0 Å². The minimum absolute atomic E-state index is 0.289. The fourth-order valence-corrected chi connectivity index (χ4v) is 2.50. The van der Waals surface area contributed by atoms with Gasteiger partial charge in [-0.15, -0.1) is 0 Å². The maximum atomic E-state index is 9.82. The van der Waals surface area contributed by atoms with E-state index in [0.717, 1.165) is 24.2 Å². The second kappa shape index (κ2) is 3.46. The van der Waals surface area contributed by atoms with E-state index in [1.54, 1.807) is 0 Å². The summed E-state index contributed by atoms with van der Waals surface area (Å²) < 4.78 is 1.19. The summed E-state index contributed by atoms with van der Waals surface area (Å²) in [5, 5.41) is 13.1. The molecular weight excluding hydrogens is 277 g/mol. The number of halogens is 1. The largest absolute Gasteiger partial charge is 0.388 e. The minimum atomic E-state index is -0.289. The van der Waals surface area contributed by atoms with Crippen LogP contribution in [-0.4, -0.2) is 11.7 Å².